The van der Waals surface area contributed by atoms with Gasteiger partial charge in [0.1, 0.15) is 17.3 Å². The summed E-state index contributed by atoms with van der Waals surface area (Å²) in [6.07, 6.45) is 6.12. The number of nitrogens with one attached hydrogen (secondary N) is 2. The monoisotopic (exact) mass is 583 g/mol. The van der Waals surface area contributed by atoms with E-state index < -0.39 is 0 Å². The van der Waals surface area contributed by atoms with Gasteiger partial charge in [0.25, 0.3) is 0 Å². The summed E-state index contributed by atoms with van der Waals surface area (Å²) < 4.78 is 10.8. The molecular formula is C32H37N7O4. The van der Waals surface area contributed by atoms with Gasteiger partial charge in [0.05, 0.1) is 37.8 Å². The lowest BCUT2D eigenvalue weighted by Gasteiger charge is -2.35. The first kappa shape index (κ1) is 29.6. The molecule has 1 aromatic heterocycles. The summed E-state index contributed by atoms with van der Waals surface area (Å²) >= 11 is 0. The van der Waals surface area contributed by atoms with Crippen molar-refractivity contribution in [2.24, 2.45) is 0 Å². The van der Waals surface area contributed by atoms with Gasteiger partial charge in [-0.15, -0.1) is 0 Å². The van der Waals surface area contributed by atoms with Crippen molar-refractivity contribution >= 4 is 46.3 Å². The van der Waals surface area contributed by atoms with Crippen molar-refractivity contribution in [3.8, 4) is 11.5 Å². The van der Waals surface area contributed by atoms with Gasteiger partial charge in [-0.1, -0.05) is 25.6 Å². The van der Waals surface area contributed by atoms with Crippen molar-refractivity contribution in [2.75, 3.05) is 60.8 Å². The molecule has 5 rings (SSSR count). The molecule has 0 unspecified atom stereocenters. The zero-order chi connectivity index (χ0) is 30.5. The van der Waals surface area contributed by atoms with Crippen molar-refractivity contribution in [3.63, 3.8) is 0 Å². The Morgan fingerprint density at radius 3 is 2.47 bits per heavy atom. The summed E-state index contributed by atoms with van der Waals surface area (Å²) in [5.41, 5.74) is 4.93. The molecule has 0 radical (unpaired) electrons. The third kappa shape index (κ3) is 6.31. The minimum absolute atomic E-state index is 0.222. The summed E-state index contributed by atoms with van der Waals surface area (Å²) in [5, 5.41) is 6.15. The Labute approximate surface area is 251 Å². The maximum Gasteiger partial charge on any atom is 0.330 e. The van der Waals surface area contributed by atoms with Gasteiger partial charge in [0, 0.05) is 49.6 Å². The van der Waals surface area contributed by atoms with E-state index in [0.717, 1.165) is 37.2 Å². The highest BCUT2D eigenvalue weighted by atomic mass is 16.5. The second-order valence-electron chi connectivity index (χ2n) is 10.2. The molecular weight excluding hydrogens is 546 g/mol. The first-order valence-corrected chi connectivity index (χ1v) is 14.3. The number of urea groups is 1. The van der Waals surface area contributed by atoms with Gasteiger partial charge in [-0.2, -0.15) is 4.98 Å². The van der Waals surface area contributed by atoms with E-state index in [-0.39, 0.29) is 18.5 Å². The molecule has 224 valence electrons. The highest BCUT2D eigenvalue weighted by Crippen LogP contribution is 2.36. The Morgan fingerprint density at radius 1 is 1.07 bits per heavy atom. The third-order valence-electron chi connectivity index (χ3n) is 7.67. The number of anilines is 5. The fourth-order valence-corrected chi connectivity index (χ4v) is 5.23. The summed E-state index contributed by atoms with van der Waals surface area (Å²) in [5.74, 6) is 1.68. The van der Waals surface area contributed by atoms with Gasteiger partial charge in [0.15, 0.2) is 0 Å². The van der Waals surface area contributed by atoms with E-state index in [4.69, 9.17) is 14.5 Å². The lowest BCUT2D eigenvalue weighted by atomic mass is 9.98. The largest absolute Gasteiger partial charge is 0.497 e. The molecule has 0 spiro atoms. The zero-order valence-corrected chi connectivity index (χ0v) is 25.0. The number of hydrogen-bond acceptors (Lipinski definition) is 8. The van der Waals surface area contributed by atoms with Crippen LogP contribution in [-0.4, -0.2) is 67.2 Å². The molecule has 0 saturated carbocycles. The van der Waals surface area contributed by atoms with E-state index in [1.54, 1.807) is 48.4 Å². The number of rotatable bonds is 10. The number of amides is 3. The average Bonchev–Trinajstić information content (AvgIpc) is 3.04. The third-order valence-corrected chi connectivity index (χ3v) is 7.67. The normalized spacial score (nSPS) is 15.0. The van der Waals surface area contributed by atoms with E-state index in [1.165, 1.54) is 11.6 Å². The Bertz CT molecular complexity index is 1550. The predicted molar refractivity (Wildman–Crippen MR) is 169 cm³/mol. The van der Waals surface area contributed by atoms with Gasteiger partial charge in [0.2, 0.25) is 11.9 Å². The Hall–Kier alpha value is -4.90. The molecule has 43 heavy (non-hydrogen) atoms. The van der Waals surface area contributed by atoms with Crippen LogP contribution in [0.3, 0.4) is 0 Å². The second kappa shape index (κ2) is 13.0. The summed E-state index contributed by atoms with van der Waals surface area (Å²) in [6.45, 7) is 11.2. The van der Waals surface area contributed by atoms with Crippen molar-refractivity contribution in [2.45, 2.75) is 26.8 Å². The Kier molecular flexibility index (Phi) is 8.91. The molecule has 3 aromatic rings. The molecule has 11 heteroatoms. The second-order valence-corrected chi connectivity index (χ2v) is 10.2. The average molecular weight is 584 g/mol. The van der Waals surface area contributed by atoms with Gasteiger partial charge >= 0.3 is 6.03 Å². The lowest BCUT2D eigenvalue weighted by molar-refractivity contribution is -0.111. The summed E-state index contributed by atoms with van der Waals surface area (Å²) in [7, 11) is 3.14. The number of carbonyl (C=O) groups excluding carboxylic acids is 2. The smallest absolute Gasteiger partial charge is 0.330 e. The minimum Gasteiger partial charge on any atom is -0.497 e. The lowest BCUT2D eigenvalue weighted by Crippen LogP contribution is -2.47. The number of benzene rings is 2. The number of methoxy groups -OCH3 is 2. The fourth-order valence-electron chi connectivity index (χ4n) is 5.23. The van der Waals surface area contributed by atoms with Gasteiger partial charge in [-0.3, -0.25) is 19.5 Å². The number of hydrogen-bond donors (Lipinski definition) is 2. The van der Waals surface area contributed by atoms with Crippen LogP contribution in [0.2, 0.25) is 0 Å². The quantitative estimate of drug-likeness (QED) is 0.304. The van der Waals surface area contributed by atoms with E-state index in [1.807, 2.05) is 25.1 Å². The van der Waals surface area contributed by atoms with E-state index in [0.29, 0.717) is 46.9 Å². The highest BCUT2D eigenvalue weighted by molar-refractivity contribution is 6.06. The molecule has 2 aromatic carbocycles. The molecule has 0 fully saturated rings. The number of likely N-dealkylation sites (N-methyl/N-ethyl adjacent to an activating group) is 1. The molecule has 2 N–H and O–H groups in total. The molecule has 11 nitrogen and oxygen atoms in total. The van der Waals surface area contributed by atoms with Crippen LogP contribution in [0.4, 0.5) is 33.6 Å². The molecule has 2 aliphatic heterocycles. The number of nitrogens with zero attached hydrogens (tertiary/aromatic N) is 5. The van der Waals surface area contributed by atoms with Gasteiger partial charge in [-0.05, 0) is 49.2 Å². The van der Waals surface area contributed by atoms with Crippen LogP contribution in [0.5, 0.6) is 11.5 Å². The van der Waals surface area contributed by atoms with Gasteiger partial charge in [-0.25, -0.2) is 9.78 Å². The maximum absolute atomic E-state index is 13.6. The Balaban J connectivity index is 1.44. The van der Waals surface area contributed by atoms with E-state index in [2.05, 4.69) is 40.1 Å². The highest BCUT2D eigenvalue weighted by Gasteiger charge is 2.33. The summed E-state index contributed by atoms with van der Waals surface area (Å²) in [4.78, 5) is 40.9. The molecule has 0 bridgehead atoms. The first-order valence-electron chi connectivity index (χ1n) is 14.3. The van der Waals surface area contributed by atoms with Crippen molar-refractivity contribution in [1.29, 1.82) is 0 Å². The van der Waals surface area contributed by atoms with Crippen LogP contribution in [-0.2, 0) is 11.3 Å². The molecule has 0 atom stereocenters. The predicted octanol–water partition coefficient (Wildman–Crippen LogP) is 5.44. The van der Waals surface area contributed by atoms with Crippen LogP contribution in [0.25, 0.3) is 5.57 Å². The number of fused-ring (bicyclic) bond motifs is 1. The standard InChI is InChI=1S/C32H37N7O4/c1-6-29(40)34-28-15-22(21-11-13-37(7-2)14-12-21)9-10-27(28)35-31-33-19-23-20-39(32(41)38(8-3)30(23)36-31)24-16-25(42-4)18-26(17-24)43-5/h6,9-11,15-19H,1,7-8,12-14,20H2,2-5H3,(H,34,40)(H,33,35,36). The van der Waals surface area contributed by atoms with Crippen LogP contribution in [0, 0.1) is 0 Å². The minimum atomic E-state index is -0.321. The van der Waals surface area contributed by atoms with Crippen LogP contribution >= 0.6 is 0 Å². The number of ether oxygens (including phenoxy) is 2. The molecule has 3 heterocycles. The van der Waals surface area contributed by atoms with Crippen LogP contribution in [0.15, 0.2) is 61.3 Å². The van der Waals surface area contributed by atoms with Gasteiger partial charge < -0.3 is 20.1 Å². The van der Waals surface area contributed by atoms with Crippen molar-refractivity contribution < 1.29 is 19.1 Å². The first-order chi connectivity index (χ1) is 20.9. The van der Waals surface area contributed by atoms with E-state index >= 15 is 0 Å². The fraction of sp³-hybridized carbons (Fsp3) is 0.312. The Morgan fingerprint density at radius 2 is 1.84 bits per heavy atom. The molecule has 0 saturated heterocycles. The number of carbonyl (C=O) groups is 2. The maximum atomic E-state index is 13.6. The van der Waals surface area contributed by atoms with Crippen molar-refractivity contribution in [1.82, 2.24) is 14.9 Å². The van der Waals surface area contributed by atoms with E-state index in [9.17, 15) is 9.59 Å². The van der Waals surface area contributed by atoms with Crippen LogP contribution < -0.4 is 29.9 Å². The molecule has 0 aliphatic carbocycles. The molecule has 2 aliphatic rings. The van der Waals surface area contributed by atoms with Crippen molar-refractivity contribution in [3.05, 3.63) is 72.5 Å². The summed E-state index contributed by atoms with van der Waals surface area (Å²) in [6, 6.07) is 11.0. The van der Waals surface area contributed by atoms with Crippen LogP contribution in [0.1, 0.15) is 31.4 Å². The number of aromatic nitrogens is 2. The SMILES string of the molecule is C=CC(=O)Nc1cc(C2=CCN(CC)CC2)ccc1Nc1ncc2c(n1)N(CC)C(=O)N(c1cc(OC)cc(OC)c1)C2. The zero-order valence-electron chi connectivity index (χ0n) is 25.0. The molecule has 3 amide bonds. The topological polar surface area (TPSA) is 112 Å².